The molecule has 47 heavy (non-hydrogen) atoms. The maximum absolute atomic E-state index is 13.8. The number of phosphoric acid groups is 1. The van der Waals surface area contributed by atoms with Gasteiger partial charge in [-0.2, -0.15) is 0 Å². The summed E-state index contributed by atoms with van der Waals surface area (Å²) >= 11 is 0. The van der Waals surface area contributed by atoms with Crippen molar-refractivity contribution >= 4 is 19.8 Å². The Bertz CT molecular complexity index is 810. The summed E-state index contributed by atoms with van der Waals surface area (Å²) in [4.78, 5) is 35.0. The molecular weight excluding hydrogens is 624 g/mol. The first-order valence-electron chi connectivity index (χ1n) is 18.8. The molecule has 0 aromatic carbocycles. The van der Waals surface area contributed by atoms with E-state index in [0.717, 1.165) is 64.2 Å². The molecule has 0 saturated heterocycles. The lowest BCUT2D eigenvalue weighted by molar-refractivity contribution is -0.870. The SMILES string of the molecule is CCCCCCCCCCCCCC(=O)OC[C@H](COP(=O)(O)OCC[N+](C)(C)C)OC(=O)CCCCCCCCC(F)CCCC. The van der Waals surface area contributed by atoms with Crippen molar-refractivity contribution in [1.29, 1.82) is 0 Å². The number of alkyl halides is 1. The van der Waals surface area contributed by atoms with Crippen LogP contribution in [-0.4, -0.2) is 81.1 Å². The van der Waals surface area contributed by atoms with Gasteiger partial charge in [-0.25, -0.2) is 8.96 Å². The van der Waals surface area contributed by atoms with Gasteiger partial charge in [0.1, 0.15) is 25.9 Å². The van der Waals surface area contributed by atoms with Crippen LogP contribution in [-0.2, 0) is 32.7 Å². The zero-order valence-corrected chi connectivity index (χ0v) is 31.7. The van der Waals surface area contributed by atoms with Gasteiger partial charge < -0.3 is 18.9 Å². The highest BCUT2D eigenvalue weighted by molar-refractivity contribution is 7.47. The number of nitrogens with zero attached hydrogens (tertiary/aromatic N) is 1. The summed E-state index contributed by atoms with van der Waals surface area (Å²) in [7, 11) is 1.42. The largest absolute Gasteiger partial charge is 0.472 e. The average molecular weight is 697 g/mol. The second-order valence-electron chi connectivity index (χ2n) is 14.1. The monoisotopic (exact) mass is 696 g/mol. The van der Waals surface area contributed by atoms with Crippen LogP contribution in [0.25, 0.3) is 0 Å². The van der Waals surface area contributed by atoms with E-state index in [2.05, 4.69) is 13.8 Å². The van der Waals surface area contributed by atoms with E-state index in [4.69, 9.17) is 18.5 Å². The molecule has 9 nitrogen and oxygen atoms in total. The van der Waals surface area contributed by atoms with E-state index in [1.165, 1.54) is 51.4 Å². The van der Waals surface area contributed by atoms with Gasteiger partial charge in [0.2, 0.25) is 0 Å². The minimum Gasteiger partial charge on any atom is -0.462 e. The number of phosphoric ester groups is 1. The van der Waals surface area contributed by atoms with Crippen LogP contribution < -0.4 is 0 Å². The molecule has 0 spiro atoms. The van der Waals surface area contributed by atoms with E-state index in [1.54, 1.807) is 0 Å². The van der Waals surface area contributed by atoms with Gasteiger partial charge in [-0.15, -0.1) is 0 Å². The third-order valence-corrected chi connectivity index (χ3v) is 9.16. The lowest BCUT2D eigenvalue weighted by Crippen LogP contribution is -2.37. The van der Waals surface area contributed by atoms with E-state index in [-0.39, 0.29) is 26.1 Å². The minimum atomic E-state index is -4.38. The third-order valence-electron chi connectivity index (χ3n) is 8.17. The van der Waals surface area contributed by atoms with Gasteiger partial charge in [0, 0.05) is 12.8 Å². The smallest absolute Gasteiger partial charge is 0.462 e. The third kappa shape index (κ3) is 33.2. The molecule has 0 bridgehead atoms. The Kier molecular flexibility index (Phi) is 29.1. The molecule has 1 N–H and O–H groups in total. The number of halogens is 1. The maximum atomic E-state index is 13.8. The summed E-state index contributed by atoms with van der Waals surface area (Å²) < 4.78 is 47.7. The van der Waals surface area contributed by atoms with Gasteiger partial charge in [-0.1, -0.05) is 123 Å². The summed E-state index contributed by atoms with van der Waals surface area (Å²) in [5.74, 6) is -0.868. The van der Waals surface area contributed by atoms with E-state index < -0.39 is 38.6 Å². The number of unbranched alkanes of at least 4 members (excludes halogenated alkanes) is 16. The molecule has 0 fully saturated rings. The van der Waals surface area contributed by atoms with Crippen LogP contribution in [0.2, 0.25) is 0 Å². The lowest BCUT2D eigenvalue weighted by Gasteiger charge is -2.24. The Labute approximate surface area is 287 Å². The van der Waals surface area contributed by atoms with Crippen LogP contribution in [0.5, 0.6) is 0 Å². The zero-order chi connectivity index (χ0) is 35.2. The van der Waals surface area contributed by atoms with E-state index in [1.807, 2.05) is 21.1 Å². The Morgan fingerprint density at radius 3 is 1.66 bits per heavy atom. The van der Waals surface area contributed by atoms with Crippen LogP contribution in [0.15, 0.2) is 0 Å². The molecule has 0 rings (SSSR count). The van der Waals surface area contributed by atoms with Gasteiger partial charge >= 0.3 is 19.8 Å². The number of hydrogen-bond donors (Lipinski definition) is 1. The molecule has 0 aromatic rings. The van der Waals surface area contributed by atoms with Crippen LogP contribution in [0, 0.1) is 0 Å². The van der Waals surface area contributed by atoms with Crippen LogP contribution in [0.3, 0.4) is 0 Å². The highest BCUT2D eigenvalue weighted by atomic mass is 31.2. The van der Waals surface area contributed by atoms with Gasteiger partial charge in [0.05, 0.1) is 27.7 Å². The fourth-order valence-electron chi connectivity index (χ4n) is 5.11. The van der Waals surface area contributed by atoms with Crippen molar-refractivity contribution < 1.29 is 46.4 Å². The molecule has 0 saturated carbocycles. The number of likely N-dealkylation sites (N-methyl/N-ethyl adjacent to an activating group) is 1. The second-order valence-corrected chi connectivity index (χ2v) is 15.5. The van der Waals surface area contributed by atoms with Crippen molar-refractivity contribution in [2.75, 3.05) is 47.5 Å². The molecule has 0 aliphatic heterocycles. The Morgan fingerprint density at radius 1 is 0.660 bits per heavy atom. The number of carbonyl (C=O) groups excluding carboxylic acids is 2. The van der Waals surface area contributed by atoms with E-state index in [9.17, 15) is 23.4 Å². The molecule has 0 heterocycles. The molecule has 280 valence electrons. The molecule has 0 aliphatic carbocycles. The number of ether oxygens (including phenoxy) is 2. The van der Waals surface area contributed by atoms with Crippen LogP contribution in [0.1, 0.15) is 162 Å². The Morgan fingerprint density at radius 2 is 1.13 bits per heavy atom. The number of quaternary nitrogens is 1. The molecule has 2 unspecified atom stereocenters. The van der Waals surface area contributed by atoms with Gasteiger partial charge in [0.25, 0.3) is 0 Å². The number of carbonyl (C=O) groups is 2. The second kappa shape index (κ2) is 29.8. The molecule has 11 heteroatoms. The van der Waals surface area contributed by atoms with Crippen molar-refractivity contribution in [3.63, 3.8) is 0 Å². The standard InChI is InChI=1S/C36H71FNO8P/c1-6-8-10-11-12-13-14-15-16-20-23-27-35(39)43-31-34(32-45-47(41,42)44-30-29-38(3,4)5)46-36(40)28-24-21-18-17-19-22-26-33(37)25-9-7-2/h33-34H,6-32H2,1-5H3/p+1/t33?,34-/m1/s1. The van der Waals surface area contributed by atoms with Crippen molar-refractivity contribution in [3.05, 3.63) is 0 Å². The van der Waals surface area contributed by atoms with Crippen LogP contribution >= 0.6 is 7.82 Å². The van der Waals surface area contributed by atoms with E-state index in [0.29, 0.717) is 30.3 Å². The summed E-state index contributed by atoms with van der Waals surface area (Å²) in [5, 5.41) is 0. The van der Waals surface area contributed by atoms with Gasteiger partial charge in [-0.05, 0) is 25.7 Å². The molecule has 0 radical (unpaired) electrons. The van der Waals surface area contributed by atoms with E-state index >= 15 is 0 Å². The summed E-state index contributed by atoms with van der Waals surface area (Å²) in [6, 6.07) is 0. The summed E-state index contributed by atoms with van der Waals surface area (Å²) in [6.45, 7) is 4.14. The van der Waals surface area contributed by atoms with Crippen LogP contribution in [0.4, 0.5) is 4.39 Å². The van der Waals surface area contributed by atoms with Gasteiger partial charge in [0.15, 0.2) is 6.10 Å². The first-order chi connectivity index (χ1) is 22.4. The fraction of sp³-hybridized carbons (Fsp3) is 0.944. The fourth-order valence-corrected chi connectivity index (χ4v) is 5.85. The zero-order valence-electron chi connectivity index (χ0n) is 30.8. The number of rotatable bonds is 34. The topological polar surface area (TPSA) is 108 Å². The number of hydrogen-bond acceptors (Lipinski definition) is 7. The molecule has 3 atom stereocenters. The Hall–Kier alpha value is -1.06. The quantitative estimate of drug-likeness (QED) is 0.0307. The first kappa shape index (κ1) is 45.9. The highest BCUT2D eigenvalue weighted by Gasteiger charge is 2.27. The van der Waals surface area contributed by atoms with Crippen molar-refractivity contribution in [2.45, 2.75) is 174 Å². The molecular formula is C36H72FNO8P+. The predicted octanol–water partition coefficient (Wildman–Crippen LogP) is 9.63. The minimum absolute atomic E-state index is 0.0168. The average Bonchev–Trinajstić information content (AvgIpc) is 3.00. The molecule has 0 aliphatic rings. The molecule has 0 aromatic heterocycles. The summed E-state index contributed by atoms with van der Waals surface area (Å²) in [5.41, 5.74) is 0. The van der Waals surface area contributed by atoms with Crippen molar-refractivity contribution in [3.8, 4) is 0 Å². The van der Waals surface area contributed by atoms with Crippen molar-refractivity contribution in [1.82, 2.24) is 0 Å². The van der Waals surface area contributed by atoms with Crippen molar-refractivity contribution in [2.24, 2.45) is 0 Å². The normalized spacial score (nSPS) is 14.4. The lowest BCUT2D eigenvalue weighted by atomic mass is 10.0. The highest BCUT2D eigenvalue weighted by Crippen LogP contribution is 2.43. The predicted molar refractivity (Wildman–Crippen MR) is 188 cm³/mol. The first-order valence-corrected chi connectivity index (χ1v) is 20.3. The summed E-state index contributed by atoms with van der Waals surface area (Å²) in [6.07, 6.45) is 20.3. The molecule has 0 amide bonds. The maximum Gasteiger partial charge on any atom is 0.472 e. The Balaban J connectivity index is 4.47. The number of esters is 2. The van der Waals surface area contributed by atoms with Gasteiger partial charge in [-0.3, -0.25) is 18.6 Å².